The Morgan fingerprint density at radius 1 is 0.424 bits per heavy atom. The summed E-state index contributed by atoms with van der Waals surface area (Å²) in [6, 6.07) is 76.1. The van der Waals surface area contributed by atoms with Crippen molar-refractivity contribution in [3.8, 4) is 44.5 Å². The van der Waals surface area contributed by atoms with Crippen LogP contribution < -0.4 is 53.0 Å². The molecule has 2 aliphatic rings. The van der Waals surface area contributed by atoms with Gasteiger partial charge < -0.3 is 56.3 Å². The molecule has 144 heavy (non-hydrogen) atoms. The molecule has 4 atom stereocenters. The number of carbonyl (C=O) groups excluding carboxylic acids is 9. The zero-order chi connectivity index (χ0) is 102. The highest BCUT2D eigenvalue weighted by Crippen LogP contribution is 2.35. The Labute approximate surface area is 847 Å². The summed E-state index contributed by atoms with van der Waals surface area (Å²) in [5, 5.41) is 16.2. The van der Waals surface area contributed by atoms with Gasteiger partial charge in [0.05, 0.1) is 65.9 Å². The highest BCUT2D eigenvalue weighted by atomic mass is 127. The first-order valence-corrected chi connectivity index (χ1v) is 49.6. The van der Waals surface area contributed by atoms with Crippen LogP contribution >= 0.6 is 38.5 Å². The minimum Gasteiger partial charge on any atom is -0.382 e. The van der Waals surface area contributed by atoms with Crippen molar-refractivity contribution in [3.05, 3.63) is 391 Å². The molecule has 27 nitrogen and oxygen atoms in total. The van der Waals surface area contributed by atoms with Gasteiger partial charge in [-0.25, -0.2) is 17.2 Å². The van der Waals surface area contributed by atoms with E-state index in [1.807, 2.05) is 158 Å². The molecule has 0 saturated carbocycles. The van der Waals surface area contributed by atoms with Crippen LogP contribution in [0.3, 0.4) is 0 Å². The SMILES string of the molecule is CC(=O)c1c[nH]c2ccc(NC(=O)[C@H](C)NC(=O)Cc3ccc(-c4ccccc4)cc3)cc2c1=O.CC(=O)c1c[nH]c2ccc(NC(=O)[C@H](C)NS(=O)(=O)c3ccc(-c4ccccc4)cc3)cc2c1=O.CC(=O)c1c[nH]c2ccc(NCC3CCCN3C(=O)c3ccc(-c4ccccc4)c(F)c3)c(Br)c2c1=O.CC(=O)c1c[nH]c2ccc(NCC3CCCN3C(=O)c3ccc(-c4ccccc4)c(F)c3)c(I)c2c1=O. The molecule has 12 aromatic carbocycles. The fourth-order valence-electron chi connectivity index (χ4n) is 17.2. The number of fused-ring (bicyclic) bond motifs is 4. The molecule has 2 saturated heterocycles. The molecule has 2 aliphatic heterocycles. The lowest BCUT2D eigenvalue weighted by Crippen LogP contribution is -2.42. The number of anilines is 4. The molecule has 2 unspecified atom stereocenters. The smallest absolute Gasteiger partial charge is 0.254 e. The molecule has 2 fully saturated rings. The Morgan fingerprint density at radius 2 is 0.792 bits per heavy atom. The topological polar surface area (TPSA) is 398 Å². The van der Waals surface area contributed by atoms with Crippen LogP contribution in [0.2, 0.25) is 0 Å². The Morgan fingerprint density at radius 3 is 1.22 bits per heavy atom. The molecular formula is C112H98BrF2IN12O15S. The van der Waals surface area contributed by atoms with Gasteiger partial charge in [-0.1, -0.05) is 170 Å². The third-order valence-corrected chi connectivity index (χ3v) is 28.4. The minimum absolute atomic E-state index is 0.0142. The molecule has 0 spiro atoms. The van der Waals surface area contributed by atoms with Gasteiger partial charge in [0.25, 0.3) is 11.8 Å². The molecule has 6 heterocycles. The number of aromatic nitrogens is 4. The van der Waals surface area contributed by atoms with Crippen molar-refractivity contribution in [1.29, 1.82) is 0 Å². The maximum atomic E-state index is 14.9. The van der Waals surface area contributed by atoms with Crippen LogP contribution in [0.25, 0.3) is 88.1 Å². The normalized spacial score (nSPS) is 13.6. The maximum Gasteiger partial charge on any atom is 0.254 e. The molecule has 4 aromatic heterocycles. The van der Waals surface area contributed by atoms with E-state index in [1.165, 1.54) is 95.8 Å². The highest BCUT2D eigenvalue weighted by Gasteiger charge is 2.34. The van der Waals surface area contributed by atoms with E-state index in [4.69, 9.17) is 0 Å². The predicted octanol–water partition coefficient (Wildman–Crippen LogP) is 19.7. The van der Waals surface area contributed by atoms with Gasteiger partial charge in [0.2, 0.25) is 38.6 Å². The number of hydrogen-bond donors (Lipinski definition) is 10. The van der Waals surface area contributed by atoms with Gasteiger partial charge >= 0.3 is 0 Å². The van der Waals surface area contributed by atoms with Gasteiger partial charge in [0, 0.05) is 133 Å². The number of hydrogen-bond acceptors (Lipinski definition) is 17. The fourth-order valence-corrected chi connectivity index (χ4v) is 19.9. The highest BCUT2D eigenvalue weighted by molar-refractivity contribution is 14.1. The number of rotatable bonds is 26. The van der Waals surface area contributed by atoms with Crippen molar-refractivity contribution in [3.63, 3.8) is 0 Å². The van der Waals surface area contributed by atoms with E-state index in [2.05, 4.69) is 89.8 Å². The Hall–Kier alpha value is -15.9. The summed E-state index contributed by atoms with van der Waals surface area (Å²) in [6.45, 7) is 10.5. The first-order chi connectivity index (χ1) is 69.2. The third-order valence-electron chi connectivity index (χ3n) is 24.9. The number of nitrogens with one attached hydrogen (secondary N) is 10. The van der Waals surface area contributed by atoms with Gasteiger partial charge in [0.15, 0.2) is 34.0 Å². The second kappa shape index (κ2) is 45.8. The van der Waals surface area contributed by atoms with E-state index in [0.717, 1.165) is 70.3 Å². The van der Waals surface area contributed by atoms with Crippen molar-refractivity contribution >= 4 is 168 Å². The van der Waals surface area contributed by atoms with Gasteiger partial charge in [0.1, 0.15) is 17.7 Å². The number of likely N-dealkylation sites (tertiary alicyclic amines) is 2. The van der Waals surface area contributed by atoms with Crippen molar-refractivity contribution in [2.75, 3.05) is 47.4 Å². The van der Waals surface area contributed by atoms with Crippen molar-refractivity contribution < 1.29 is 60.3 Å². The zero-order valence-corrected chi connectivity index (χ0v) is 83.4. The molecule has 10 N–H and O–H groups in total. The van der Waals surface area contributed by atoms with Crippen LogP contribution in [0.15, 0.2) is 320 Å². The molecule has 18 rings (SSSR count). The Balaban J connectivity index is 0.000000145. The Kier molecular flexibility index (Phi) is 32.6. The summed E-state index contributed by atoms with van der Waals surface area (Å²) >= 11 is 5.64. The maximum absolute atomic E-state index is 14.9. The van der Waals surface area contributed by atoms with Crippen molar-refractivity contribution in [1.82, 2.24) is 39.8 Å². The van der Waals surface area contributed by atoms with Crippen LogP contribution in [-0.2, 0) is 30.8 Å². The quantitative estimate of drug-likeness (QED) is 0.0178. The van der Waals surface area contributed by atoms with Gasteiger partial charge in [-0.3, -0.25) is 62.3 Å². The summed E-state index contributed by atoms with van der Waals surface area (Å²) in [4.78, 5) is 178. The first kappa shape index (κ1) is 102. The molecule has 0 aliphatic carbocycles. The molecule has 16 aromatic rings. The lowest BCUT2D eigenvalue weighted by molar-refractivity contribution is -0.125. The summed E-state index contributed by atoms with van der Waals surface area (Å²) in [6.07, 6.45) is 9.12. The number of Topliss-reactive ketones (excluding diaryl/α,β-unsaturated/α-hetero) is 4. The number of H-pyrrole nitrogens is 4. The van der Waals surface area contributed by atoms with E-state index < -0.39 is 56.4 Å². The monoisotopic (exact) mass is 2130 g/mol. The summed E-state index contributed by atoms with van der Waals surface area (Å²) < 4.78 is 59.0. The van der Waals surface area contributed by atoms with E-state index >= 15 is 0 Å². The van der Waals surface area contributed by atoms with Crippen molar-refractivity contribution in [2.45, 2.75) is 103 Å². The number of carbonyl (C=O) groups is 9. The number of halogens is 4. The molecule has 32 heteroatoms. The van der Waals surface area contributed by atoms with Crippen LogP contribution in [0.5, 0.6) is 0 Å². The summed E-state index contributed by atoms with van der Waals surface area (Å²) in [5.41, 5.74) is 11.2. The number of benzene rings is 12. The van der Waals surface area contributed by atoms with Crippen LogP contribution in [0.1, 0.15) is 135 Å². The minimum atomic E-state index is -3.96. The number of aromatic amines is 4. The van der Waals surface area contributed by atoms with E-state index in [9.17, 15) is 79.5 Å². The average Bonchev–Trinajstić information content (AvgIpc) is 1.12. The fraction of sp³-hybridized carbons (Fsp3) is 0.170. The van der Waals surface area contributed by atoms with Gasteiger partial charge in [-0.2, -0.15) is 4.72 Å². The van der Waals surface area contributed by atoms with Crippen molar-refractivity contribution in [2.24, 2.45) is 0 Å². The molecular weight excluding hydrogens is 2030 g/mol. The number of sulfonamides is 1. The second-order valence-electron chi connectivity index (χ2n) is 34.8. The lowest BCUT2D eigenvalue weighted by Gasteiger charge is -2.26. The molecule has 0 radical (unpaired) electrons. The van der Waals surface area contributed by atoms with Gasteiger partial charge in [-0.15, -0.1) is 0 Å². The van der Waals surface area contributed by atoms with Crippen LogP contribution in [0, 0.1) is 15.2 Å². The largest absolute Gasteiger partial charge is 0.382 e. The first-order valence-electron chi connectivity index (χ1n) is 46.2. The van der Waals surface area contributed by atoms with Crippen LogP contribution in [-0.4, -0.2) is 141 Å². The number of ketones is 4. The summed E-state index contributed by atoms with van der Waals surface area (Å²) in [5.74, 6) is -3.86. The lowest BCUT2D eigenvalue weighted by atomic mass is 10.0. The molecule has 730 valence electrons. The second-order valence-corrected chi connectivity index (χ2v) is 38.4. The van der Waals surface area contributed by atoms with Gasteiger partial charge in [-0.05, 0) is 242 Å². The average molecular weight is 2130 g/mol. The van der Waals surface area contributed by atoms with E-state index in [-0.39, 0.29) is 103 Å². The zero-order valence-electron chi connectivity index (χ0n) is 78.8. The predicted molar refractivity (Wildman–Crippen MR) is 570 cm³/mol. The van der Waals surface area contributed by atoms with E-state index in [1.54, 1.807) is 89.5 Å². The van der Waals surface area contributed by atoms with E-state index in [0.29, 0.717) is 112 Å². The summed E-state index contributed by atoms with van der Waals surface area (Å²) in [7, 11) is -3.96. The molecule has 0 bridgehead atoms. The number of amides is 5. The Bertz CT molecular complexity index is 7830. The number of nitrogens with zero attached hydrogens (tertiary/aromatic N) is 2. The van der Waals surface area contributed by atoms with Crippen LogP contribution in [0.4, 0.5) is 31.5 Å². The molecule has 5 amide bonds. The standard InChI is InChI=1S/C29H25BrFN3O3.C29H25FIN3O3.C28H25N3O4.C26H23N3O5S/c1-17(35)22-16-33-24-11-12-25(27(30)26(24)28(22)36)32-15-20-8-5-13-34(20)29(37)19-9-10-21(23(31)14-19)18-6-3-2-4-7-18;1-17(35)22-16-33-24-11-12-25(27(31)26(24)28(22)36)32-15-20-8-5-13-34(20)29(37)19-9-10-21(23(30)14-19)18-6-3-2-4-7-18;1-17(30-26(33)14-19-8-10-21(11-9-19)20-6-4-3-5-7-20)28(35)31-22-12-13-25-23(15-22)27(34)24(16-29-25)18(2)32;1-16(29-35(33,34)21-11-8-19(9-12-21)18-6-4-3-5-7-18)26(32)28-20-10-13-24-22(14-20)25(31)23(15-27-24)17(2)30/h2*2-4,6-7,9-12,14,16,20,32H,5,8,13,15H2,1H3,(H,33,36);3-13,15-17H,14H2,1-2H3,(H,29,34)(H,30,33)(H,31,35);3-16,29H,1-2H3,(H,27,31)(H,28,32)/t;;17-;16-/m..00/s1. The third kappa shape index (κ3) is 23.9. The number of pyridine rings is 4.